The number of rotatable bonds is 12. The molecule has 3 rings (SSSR count). The molecule has 0 heterocycles. The molecule has 33 heavy (non-hydrogen) atoms. The average Bonchev–Trinajstić information content (AvgIpc) is 2.85. The molecule has 0 N–H and O–H groups in total. The lowest BCUT2D eigenvalue weighted by atomic mass is 10.3. The fourth-order valence-corrected chi connectivity index (χ4v) is 5.55. The minimum absolute atomic E-state index is 0.0422. The van der Waals surface area contributed by atoms with Crippen LogP contribution in [-0.4, -0.2) is 33.0 Å². The van der Waals surface area contributed by atoms with Crippen molar-refractivity contribution in [2.24, 2.45) is 0 Å². The van der Waals surface area contributed by atoms with E-state index in [9.17, 15) is 0 Å². The fourth-order valence-electron chi connectivity index (χ4n) is 3.27. The van der Waals surface area contributed by atoms with Gasteiger partial charge in [-0.15, -0.1) is 0 Å². The molecule has 1 unspecified atom stereocenters. The quantitative estimate of drug-likeness (QED) is 0.239. The van der Waals surface area contributed by atoms with Crippen LogP contribution in [0.2, 0.25) is 0 Å². The monoisotopic (exact) mass is 466 g/mol. The highest BCUT2D eigenvalue weighted by molar-refractivity contribution is 7.79. The van der Waals surface area contributed by atoms with Gasteiger partial charge in [0, 0.05) is 20.3 Å². The number of hydrogen-bond donors (Lipinski definition) is 0. The van der Waals surface area contributed by atoms with Crippen molar-refractivity contribution in [3.63, 3.8) is 0 Å². The number of methoxy groups -OCH3 is 1. The molecule has 0 aromatic heterocycles. The lowest BCUT2D eigenvalue weighted by Gasteiger charge is -2.20. The second-order valence-electron chi connectivity index (χ2n) is 7.85. The van der Waals surface area contributed by atoms with E-state index >= 15 is 0 Å². The van der Waals surface area contributed by atoms with Crippen LogP contribution in [0.1, 0.15) is 40.0 Å². The summed E-state index contributed by atoms with van der Waals surface area (Å²) >= 11 is 0. The van der Waals surface area contributed by atoms with Crippen molar-refractivity contribution in [1.29, 1.82) is 0 Å². The lowest BCUT2D eigenvalue weighted by molar-refractivity contribution is 0.0921. The Morgan fingerprint density at radius 3 is 1.73 bits per heavy atom. The summed E-state index contributed by atoms with van der Waals surface area (Å²) in [7, 11) is 1.12. The zero-order valence-corrected chi connectivity index (χ0v) is 21.5. The standard InChI is InChI=1S/C22H23O2P.C7H16O/c1-18(17-23-2)24-19-13-15-22(16-14-19)25(20-9-5-3-6-10-20)21-11-7-4-8-12-21;1-3-5-7-8-6-4-2/h3-16,18H,17H2,1-2H3;3-7H2,1-2H3. The van der Waals surface area contributed by atoms with Crippen molar-refractivity contribution in [2.75, 3.05) is 26.9 Å². The normalized spacial score (nSPS) is 11.5. The Hall–Kier alpha value is -2.19. The maximum absolute atomic E-state index is 5.88. The number of benzene rings is 3. The van der Waals surface area contributed by atoms with Gasteiger partial charge in [0.25, 0.3) is 0 Å². The van der Waals surface area contributed by atoms with Crippen LogP contribution in [0.3, 0.4) is 0 Å². The molecule has 3 aromatic rings. The third-order valence-corrected chi connectivity index (χ3v) is 7.30. The zero-order chi connectivity index (χ0) is 23.7. The van der Waals surface area contributed by atoms with Crippen molar-refractivity contribution in [3.05, 3.63) is 84.9 Å². The van der Waals surface area contributed by atoms with Crippen LogP contribution < -0.4 is 20.7 Å². The van der Waals surface area contributed by atoms with Gasteiger partial charge in [-0.1, -0.05) is 93.1 Å². The number of hydrogen-bond acceptors (Lipinski definition) is 3. The Kier molecular flexibility index (Phi) is 13.5. The molecule has 0 aliphatic carbocycles. The van der Waals surface area contributed by atoms with Gasteiger partial charge < -0.3 is 14.2 Å². The van der Waals surface area contributed by atoms with E-state index in [1.54, 1.807) is 7.11 Å². The van der Waals surface area contributed by atoms with Crippen LogP contribution >= 0.6 is 7.92 Å². The first-order chi connectivity index (χ1) is 16.2. The van der Waals surface area contributed by atoms with Gasteiger partial charge in [0.1, 0.15) is 11.9 Å². The van der Waals surface area contributed by atoms with E-state index in [0.717, 1.165) is 25.4 Å². The Morgan fingerprint density at radius 2 is 1.24 bits per heavy atom. The van der Waals surface area contributed by atoms with E-state index in [1.807, 2.05) is 6.92 Å². The third-order valence-electron chi connectivity index (χ3n) is 4.85. The van der Waals surface area contributed by atoms with Crippen LogP contribution in [0.25, 0.3) is 0 Å². The third kappa shape index (κ3) is 10.1. The summed E-state index contributed by atoms with van der Waals surface area (Å²) in [5.41, 5.74) is 0. The predicted molar refractivity (Wildman–Crippen MR) is 143 cm³/mol. The summed E-state index contributed by atoms with van der Waals surface area (Å²) in [6.07, 6.45) is 3.63. The molecule has 178 valence electrons. The number of ether oxygens (including phenoxy) is 3. The summed E-state index contributed by atoms with van der Waals surface area (Å²) < 4.78 is 16.2. The number of unbranched alkanes of at least 4 members (excludes halogenated alkanes) is 1. The molecular weight excluding hydrogens is 427 g/mol. The Morgan fingerprint density at radius 1 is 0.697 bits per heavy atom. The highest BCUT2D eigenvalue weighted by Crippen LogP contribution is 2.33. The zero-order valence-electron chi connectivity index (χ0n) is 20.6. The van der Waals surface area contributed by atoms with Gasteiger partial charge in [-0.05, 0) is 55.7 Å². The molecule has 1 atom stereocenters. The highest BCUT2D eigenvalue weighted by atomic mass is 31.1. The summed E-state index contributed by atoms with van der Waals surface area (Å²) in [5, 5.41) is 4.02. The van der Waals surface area contributed by atoms with Crippen LogP contribution in [0, 0.1) is 0 Å². The van der Waals surface area contributed by atoms with Crippen LogP contribution in [0.4, 0.5) is 0 Å². The lowest BCUT2D eigenvalue weighted by Crippen LogP contribution is -2.21. The smallest absolute Gasteiger partial charge is 0.119 e. The van der Waals surface area contributed by atoms with Crippen molar-refractivity contribution >= 4 is 23.8 Å². The SMILES string of the molecule is CCCCOCCC.COCC(C)Oc1ccc(P(c2ccccc2)c2ccccc2)cc1. The van der Waals surface area contributed by atoms with Gasteiger partial charge in [-0.3, -0.25) is 0 Å². The second kappa shape index (κ2) is 16.4. The molecule has 0 spiro atoms. The molecular formula is C29H39O3P. The van der Waals surface area contributed by atoms with E-state index in [-0.39, 0.29) is 6.10 Å². The Balaban J connectivity index is 0.000000414. The summed E-state index contributed by atoms with van der Waals surface area (Å²) in [6.45, 7) is 8.78. The van der Waals surface area contributed by atoms with Crippen molar-refractivity contribution in [3.8, 4) is 5.75 Å². The topological polar surface area (TPSA) is 27.7 Å². The molecule has 0 amide bonds. The first-order valence-corrected chi connectivity index (χ1v) is 13.3. The Bertz CT molecular complexity index is 808. The predicted octanol–water partition coefficient (Wildman–Crippen LogP) is 6.07. The van der Waals surface area contributed by atoms with Gasteiger partial charge in [0.2, 0.25) is 0 Å². The van der Waals surface area contributed by atoms with E-state index in [0.29, 0.717) is 6.61 Å². The van der Waals surface area contributed by atoms with E-state index in [2.05, 4.69) is 98.8 Å². The van der Waals surface area contributed by atoms with E-state index in [4.69, 9.17) is 14.2 Å². The van der Waals surface area contributed by atoms with Gasteiger partial charge >= 0.3 is 0 Å². The molecule has 0 saturated carbocycles. The highest BCUT2D eigenvalue weighted by Gasteiger charge is 2.16. The van der Waals surface area contributed by atoms with Gasteiger partial charge in [-0.2, -0.15) is 0 Å². The maximum Gasteiger partial charge on any atom is 0.119 e. The van der Waals surface area contributed by atoms with Gasteiger partial charge in [-0.25, -0.2) is 0 Å². The molecule has 3 aromatic carbocycles. The molecule has 0 fully saturated rings. The van der Waals surface area contributed by atoms with Gasteiger partial charge in [0.15, 0.2) is 0 Å². The van der Waals surface area contributed by atoms with Crippen LogP contribution in [0.15, 0.2) is 84.9 Å². The fraction of sp³-hybridized carbons (Fsp3) is 0.379. The van der Waals surface area contributed by atoms with E-state index < -0.39 is 7.92 Å². The van der Waals surface area contributed by atoms with Crippen LogP contribution in [-0.2, 0) is 9.47 Å². The minimum atomic E-state index is -0.566. The second-order valence-corrected chi connectivity index (χ2v) is 10.1. The molecule has 4 heteroatoms. The molecule has 0 aliphatic rings. The van der Waals surface area contributed by atoms with Crippen LogP contribution in [0.5, 0.6) is 5.75 Å². The Labute approximate surface area is 201 Å². The molecule has 0 radical (unpaired) electrons. The summed E-state index contributed by atoms with van der Waals surface area (Å²) in [6, 6.07) is 29.9. The van der Waals surface area contributed by atoms with E-state index in [1.165, 1.54) is 28.8 Å². The molecule has 0 saturated heterocycles. The maximum atomic E-state index is 5.88. The average molecular weight is 467 g/mol. The molecule has 0 aliphatic heterocycles. The van der Waals surface area contributed by atoms with Crippen molar-refractivity contribution < 1.29 is 14.2 Å². The minimum Gasteiger partial charge on any atom is -0.488 e. The first-order valence-electron chi connectivity index (χ1n) is 11.9. The summed E-state index contributed by atoms with van der Waals surface area (Å²) in [5.74, 6) is 0.879. The van der Waals surface area contributed by atoms with Crippen molar-refractivity contribution in [2.45, 2.75) is 46.1 Å². The summed E-state index contributed by atoms with van der Waals surface area (Å²) in [4.78, 5) is 0. The first kappa shape index (κ1) is 27.1. The van der Waals surface area contributed by atoms with Crippen molar-refractivity contribution in [1.82, 2.24) is 0 Å². The largest absolute Gasteiger partial charge is 0.488 e. The molecule has 0 bridgehead atoms. The van der Waals surface area contributed by atoms with Gasteiger partial charge in [0.05, 0.1) is 6.61 Å². The molecule has 3 nitrogen and oxygen atoms in total.